The van der Waals surface area contributed by atoms with Crippen molar-refractivity contribution < 1.29 is 42.9 Å². The lowest BCUT2D eigenvalue weighted by Gasteiger charge is -2.26. The van der Waals surface area contributed by atoms with Crippen LogP contribution in [-0.2, 0) is 33.3 Å². The van der Waals surface area contributed by atoms with Gasteiger partial charge in [-0.15, -0.1) is 0 Å². The number of carbonyl (C=O) groups is 3. The molecule has 0 amide bonds. The van der Waals surface area contributed by atoms with Crippen molar-refractivity contribution in [1.29, 1.82) is 0 Å². The Hall–Kier alpha value is -2.75. The molecule has 0 aromatic carbocycles. The van der Waals surface area contributed by atoms with E-state index in [1.54, 1.807) is 0 Å². The van der Waals surface area contributed by atoms with Crippen LogP contribution in [-0.4, -0.2) is 82.3 Å². The SMILES string of the molecule is CC/C=C\C/C=C\C/C=C\C/C=C\CCCCCCCCCCCCCCCCCCCCCCCCCCCCCCC(=O)OC(COC(=O)CCCCCCCCCC)COC(OCC[N+](C)(C)C)C(=O)[O-]. The van der Waals surface area contributed by atoms with E-state index in [9.17, 15) is 19.5 Å². The number of aliphatic carboxylic acids is 1. The predicted molar refractivity (Wildman–Crippen MR) is 311 cm³/mol. The molecule has 9 heteroatoms. The summed E-state index contributed by atoms with van der Waals surface area (Å²) in [6, 6.07) is 0. The highest BCUT2D eigenvalue weighted by Gasteiger charge is 2.22. The largest absolute Gasteiger partial charge is 0.545 e. The summed E-state index contributed by atoms with van der Waals surface area (Å²) in [5, 5.41) is 11.7. The smallest absolute Gasteiger partial charge is 0.306 e. The van der Waals surface area contributed by atoms with Gasteiger partial charge in [-0.1, -0.05) is 274 Å². The molecule has 0 N–H and O–H groups in total. The van der Waals surface area contributed by atoms with Crippen LogP contribution in [0.5, 0.6) is 0 Å². The number of hydrogen-bond acceptors (Lipinski definition) is 8. The molecule has 0 aromatic rings. The molecule has 432 valence electrons. The first-order valence-corrected chi connectivity index (χ1v) is 31.3. The van der Waals surface area contributed by atoms with Gasteiger partial charge in [-0.2, -0.15) is 0 Å². The highest BCUT2D eigenvalue weighted by atomic mass is 16.7. The zero-order valence-corrected chi connectivity index (χ0v) is 49.2. The Labute approximate surface area is 457 Å². The molecule has 0 spiro atoms. The minimum Gasteiger partial charge on any atom is -0.545 e. The normalized spacial score (nSPS) is 13.0. The molecular formula is C65H119NO8. The van der Waals surface area contributed by atoms with Crippen LogP contribution in [0.3, 0.4) is 0 Å². The first-order valence-electron chi connectivity index (χ1n) is 31.3. The van der Waals surface area contributed by atoms with Gasteiger partial charge in [0.2, 0.25) is 0 Å². The van der Waals surface area contributed by atoms with E-state index in [1.165, 1.54) is 199 Å². The number of carboxylic acids is 1. The summed E-state index contributed by atoms with van der Waals surface area (Å²) in [4.78, 5) is 37.0. The number of carboxylic acid groups (broad SMARTS) is 1. The number of nitrogens with zero attached hydrogens (tertiary/aromatic N) is 1. The second kappa shape index (κ2) is 56.5. The molecule has 0 saturated heterocycles. The number of likely N-dealkylation sites (N-methyl/N-ethyl adjacent to an activating group) is 1. The molecule has 0 saturated carbocycles. The van der Waals surface area contributed by atoms with Gasteiger partial charge in [-0.3, -0.25) is 9.59 Å². The number of ether oxygens (including phenoxy) is 4. The Kier molecular flexibility index (Phi) is 54.4. The van der Waals surface area contributed by atoms with Gasteiger partial charge < -0.3 is 33.3 Å². The molecule has 2 unspecified atom stereocenters. The summed E-state index contributed by atoms with van der Waals surface area (Å²) >= 11 is 0. The highest BCUT2D eigenvalue weighted by Crippen LogP contribution is 2.18. The molecule has 0 heterocycles. The van der Waals surface area contributed by atoms with E-state index in [4.69, 9.17) is 18.9 Å². The van der Waals surface area contributed by atoms with Gasteiger partial charge in [0.05, 0.1) is 40.3 Å². The summed E-state index contributed by atoms with van der Waals surface area (Å²) < 4.78 is 22.6. The molecule has 0 fully saturated rings. The summed E-state index contributed by atoms with van der Waals surface area (Å²) in [6.07, 6.45) is 68.1. The zero-order valence-electron chi connectivity index (χ0n) is 49.2. The van der Waals surface area contributed by atoms with Crippen LogP contribution in [0.2, 0.25) is 0 Å². The fraction of sp³-hybridized carbons (Fsp3) is 0.831. The fourth-order valence-corrected chi connectivity index (χ4v) is 9.06. The van der Waals surface area contributed by atoms with E-state index >= 15 is 0 Å². The van der Waals surface area contributed by atoms with Crippen LogP contribution in [0.4, 0.5) is 0 Å². The highest BCUT2D eigenvalue weighted by molar-refractivity contribution is 5.70. The van der Waals surface area contributed by atoms with Crippen molar-refractivity contribution in [3.8, 4) is 0 Å². The van der Waals surface area contributed by atoms with Crippen LogP contribution in [0.1, 0.15) is 290 Å². The second-order valence-electron chi connectivity index (χ2n) is 22.3. The van der Waals surface area contributed by atoms with Gasteiger partial charge in [-0.05, 0) is 51.4 Å². The van der Waals surface area contributed by atoms with E-state index in [0.29, 0.717) is 17.4 Å². The van der Waals surface area contributed by atoms with Crippen LogP contribution < -0.4 is 5.11 Å². The van der Waals surface area contributed by atoms with Crippen molar-refractivity contribution in [3.05, 3.63) is 48.6 Å². The monoisotopic (exact) mass is 1040 g/mol. The van der Waals surface area contributed by atoms with E-state index < -0.39 is 24.3 Å². The van der Waals surface area contributed by atoms with Gasteiger partial charge in [0.15, 0.2) is 12.4 Å². The maximum Gasteiger partial charge on any atom is 0.306 e. The lowest BCUT2D eigenvalue weighted by molar-refractivity contribution is -0.870. The lowest BCUT2D eigenvalue weighted by atomic mass is 10.0. The van der Waals surface area contributed by atoms with E-state index in [1.807, 2.05) is 21.1 Å². The van der Waals surface area contributed by atoms with E-state index in [2.05, 4.69) is 62.5 Å². The first-order chi connectivity index (χ1) is 36.1. The molecule has 0 radical (unpaired) electrons. The first kappa shape index (κ1) is 71.2. The third-order valence-electron chi connectivity index (χ3n) is 13.8. The Balaban J connectivity index is 3.80. The molecule has 74 heavy (non-hydrogen) atoms. The molecule has 0 aliphatic heterocycles. The van der Waals surface area contributed by atoms with E-state index in [0.717, 1.165) is 64.2 Å². The number of allylic oxidation sites excluding steroid dienone is 8. The number of quaternary nitrogens is 1. The van der Waals surface area contributed by atoms with E-state index in [-0.39, 0.29) is 32.2 Å². The minimum absolute atomic E-state index is 0.151. The third-order valence-corrected chi connectivity index (χ3v) is 13.8. The van der Waals surface area contributed by atoms with Gasteiger partial charge in [0.1, 0.15) is 13.2 Å². The van der Waals surface area contributed by atoms with Gasteiger partial charge >= 0.3 is 11.9 Å². The number of esters is 2. The van der Waals surface area contributed by atoms with Crippen LogP contribution in [0.15, 0.2) is 48.6 Å². The minimum atomic E-state index is -1.62. The Bertz CT molecular complexity index is 1350. The molecular weight excluding hydrogens is 923 g/mol. The summed E-state index contributed by atoms with van der Waals surface area (Å²) in [7, 11) is 5.92. The topological polar surface area (TPSA) is 111 Å². The van der Waals surface area contributed by atoms with Gasteiger partial charge in [-0.25, -0.2) is 0 Å². The zero-order chi connectivity index (χ0) is 54.1. The average Bonchev–Trinajstić information content (AvgIpc) is 3.37. The fourth-order valence-electron chi connectivity index (χ4n) is 9.06. The van der Waals surface area contributed by atoms with Gasteiger partial charge in [0, 0.05) is 12.8 Å². The van der Waals surface area contributed by atoms with Crippen LogP contribution in [0, 0.1) is 0 Å². The lowest BCUT2D eigenvalue weighted by Crippen LogP contribution is -2.44. The van der Waals surface area contributed by atoms with Crippen molar-refractivity contribution in [2.45, 2.75) is 302 Å². The molecule has 2 atom stereocenters. The maximum absolute atomic E-state index is 12.8. The number of rotatable bonds is 58. The average molecular weight is 1040 g/mol. The quantitative estimate of drug-likeness (QED) is 0.0195. The van der Waals surface area contributed by atoms with Crippen molar-refractivity contribution in [3.63, 3.8) is 0 Å². The van der Waals surface area contributed by atoms with Crippen molar-refractivity contribution >= 4 is 17.9 Å². The molecule has 0 rings (SSSR count). The summed E-state index contributed by atoms with van der Waals surface area (Å²) in [5.74, 6) is -2.27. The molecule has 0 aromatic heterocycles. The molecule has 0 aliphatic carbocycles. The van der Waals surface area contributed by atoms with Crippen molar-refractivity contribution in [2.75, 3.05) is 47.5 Å². The van der Waals surface area contributed by atoms with Crippen molar-refractivity contribution in [2.24, 2.45) is 0 Å². The Morgan fingerprint density at radius 3 is 1.15 bits per heavy atom. The summed E-state index contributed by atoms with van der Waals surface area (Å²) in [5.41, 5.74) is 0. The molecule has 0 aliphatic rings. The molecule has 0 bridgehead atoms. The number of unbranched alkanes of at least 4 members (excludes halogenated alkanes) is 35. The van der Waals surface area contributed by atoms with Gasteiger partial charge in [0.25, 0.3) is 0 Å². The predicted octanol–water partition coefficient (Wildman–Crippen LogP) is 17.3. The Morgan fingerprint density at radius 2 is 0.770 bits per heavy atom. The standard InChI is InChI=1S/C65H119NO8/c1-6-8-10-12-14-16-17-18-19-20-21-22-23-24-25-26-27-28-29-30-31-32-33-34-35-36-37-38-39-40-41-42-43-44-45-46-47-48-50-52-54-56-63(68)74-61(60-73-65(64(69)70)71-58-57-66(3,4)5)59-72-62(67)55-53-51-49-15-13-11-9-7-2/h8,10,14,16,18-19,21-22,61,65H,6-7,9,11-13,15,17,20,23-60H2,1-5H3/b10-8-,16-14-,19-18-,22-21-. The van der Waals surface area contributed by atoms with Crippen molar-refractivity contribution in [1.82, 2.24) is 0 Å². The summed E-state index contributed by atoms with van der Waals surface area (Å²) in [6.45, 7) is 4.62. The number of hydrogen-bond donors (Lipinski definition) is 0. The third kappa shape index (κ3) is 57.0. The molecule has 9 nitrogen and oxygen atoms in total. The van der Waals surface area contributed by atoms with Crippen LogP contribution in [0.25, 0.3) is 0 Å². The Morgan fingerprint density at radius 1 is 0.419 bits per heavy atom. The number of carbonyl (C=O) groups excluding carboxylic acids is 3. The second-order valence-corrected chi connectivity index (χ2v) is 22.3. The maximum atomic E-state index is 12.8. The van der Waals surface area contributed by atoms with Crippen LogP contribution >= 0.6 is 0 Å².